The molecule has 1 atom stereocenters. The van der Waals surface area contributed by atoms with Crippen LogP contribution in [0.2, 0.25) is 0 Å². The average molecular weight is 506 g/mol. The number of aromatic amines is 1. The summed E-state index contributed by atoms with van der Waals surface area (Å²) in [5.41, 5.74) is 5.22. The van der Waals surface area contributed by atoms with E-state index in [4.69, 9.17) is 4.74 Å². The molecule has 11 heteroatoms. The average Bonchev–Trinajstić information content (AvgIpc) is 3.38. The van der Waals surface area contributed by atoms with E-state index in [1.807, 2.05) is 43.9 Å². The van der Waals surface area contributed by atoms with E-state index in [1.165, 1.54) is 0 Å². The molecule has 1 N–H and O–H groups in total. The number of ether oxygens (including phenoxy) is 1. The Bertz CT molecular complexity index is 1540. The number of nitrogens with zero attached hydrogens (tertiary/aromatic N) is 6. The van der Waals surface area contributed by atoms with Gasteiger partial charge in [0.25, 0.3) is 0 Å². The molecule has 1 aromatic carbocycles. The van der Waals surface area contributed by atoms with Gasteiger partial charge in [0, 0.05) is 47.4 Å². The first-order valence-electron chi connectivity index (χ1n) is 11.9. The summed E-state index contributed by atoms with van der Waals surface area (Å²) in [4.78, 5) is 11.1. The monoisotopic (exact) mass is 505 g/mol. The van der Waals surface area contributed by atoms with Crippen molar-refractivity contribution in [2.24, 2.45) is 5.41 Å². The third-order valence-electron chi connectivity index (χ3n) is 7.24. The minimum absolute atomic E-state index is 0.129. The van der Waals surface area contributed by atoms with Gasteiger partial charge in [0.1, 0.15) is 17.5 Å². The molecule has 186 valence electrons. The Morgan fingerprint density at radius 1 is 1.14 bits per heavy atom. The molecule has 2 saturated heterocycles. The van der Waals surface area contributed by atoms with Crippen LogP contribution in [-0.4, -0.2) is 63.4 Å². The Hall–Kier alpha value is -3.60. The lowest BCUT2D eigenvalue weighted by Crippen LogP contribution is -2.57. The van der Waals surface area contributed by atoms with Gasteiger partial charge in [-0.3, -0.25) is 5.10 Å². The third kappa shape index (κ3) is 3.97. The first kappa shape index (κ1) is 22.8. The number of aryl methyl sites for hydroxylation is 2. The maximum atomic E-state index is 11.9. The zero-order valence-electron chi connectivity index (χ0n) is 20.4. The fraction of sp³-hybridized carbons (Fsp3) is 0.400. The van der Waals surface area contributed by atoms with Crippen LogP contribution < -0.4 is 9.64 Å². The Morgan fingerprint density at radius 3 is 2.61 bits per heavy atom. The van der Waals surface area contributed by atoms with Crippen molar-refractivity contribution < 1.29 is 13.2 Å². The molecule has 2 aliphatic heterocycles. The van der Waals surface area contributed by atoms with Crippen LogP contribution in [-0.2, 0) is 9.84 Å². The minimum atomic E-state index is -2.90. The molecule has 6 rings (SSSR count). The Morgan fingerprint density at radius 2 is 1.92 bits per heavy atom. The molecule has 2 aliphatic rings. The van der Waals surface area contributed by atoms with Crippen molar-refractivity contribution in [2.75, 3.05) is 29.5 Å². The van der Waals surface area contributed by atoms with Crippen molar-refractivity contribution in [3.05, 3.63) is 53.6 Å². The molecule has 0 bridgehead atoms. The number of anilines is 1. The number of hydrogen-bond donors (Lipinski definition) is 1. The molecule has 4 aromatic rings. The molecule has 10 nitrogen and oxygen atoms in total. The first-order valence-corrected chi connectivity index (χ1v) is 13.8. The first-order chi connectivity index (χ1) is 17.2. The van der Waals surface area contributed by atoms with Gasteiger partial charge >= 0.3 is 0 Å². The lowest BCUT2D eigenvalue weighted by Gasteiger charge is -2.47. The second-order valence-electron chi connectivity index (χ2n) is 10.0. The number of rotatable bonds is 5. The lowest BCUT2D eigenvalue weighted by molar-refractivity contribution is 0.225. The highest BCUT2D eigenvalue weighted by atomic mass is 32.2. The van der Waals surface area contributed by atoms with Crippen LogP contribution in [0.5, 0.6) is 5.75 Å². The van der Waals surface area contributed by atoms with Gasteiger partial charge in [-0.2, -0.15) is 15.3 Å². The van der Waals surface area contributed by atoms with Gasteiger partial charge in [0.2, 0.25) is 5.95 Å². The van der Waals surface area contributed by atoms with E-state index in [-0.39, 0.29) is 23.0 Å². The maximum absolute atomic E-state index is 11.9. The van der Waals surface area contributed by atoms with Crippen LogP contribution in [0.1, 0.15) is 36.3 Å². The van der Waals surface area contributed by atoms with Gasteiger partial charge in [-0.15, -0.1) is 0 Å². The van der Waals surface area contributed by atoms with Crippen molar-refractivity contribution in [3.8, 4) is 17.0 Å². The van der Waals surface area contributed by atoms with Crippen molar-refractivity contribution in [2.45, 2.75) is 33.3 Å². The van der Waals surface area contributed by atoms with E-state index in [0.29, 0.717) is 19.0 Å². The molecule has 0 radical (unpaired) electrons. The molecule has 36 heavy (non-hydrogen) atoms. The molecule has 5 heterocycles. The SMILES string of the molecule is Cc1cnnc(C)c1[C@@H](C)Oc1ccc2[nH]nc(-c3cnc(N4CC5(CCS(=O)(=O)C5)C4)nc3)c2c1. The van der Waals surface area contributed by atoms with E-state index < -0.39 is 9.84 Å². The summed E-state index contributed by atoms with van der Waals surface area (Å²) >= 11 is 0. The molecule has 3 aromatic heterocycles. The van der Waals surface area contributed by atoms with E-state index in [0.717, 1.165) is 51.2 Å². The summed E-state index contributed by atoms with van der Waals surface area (Å²) in [5, 5.41) is 16.7. The van der Waals surface area contributed by atoms with Crippen LogP contribution in [0.4, 0.5) is 5.95 Å². The van der Waals surface area contributed by atoms with Crippen molar-refractivity contribution in [3.63, 3.8) is 0 Å². The normalized spacial score (nSPS) is 18.9. The zero-order chi connectivity index (χ0) is 25.1. The standard InChI is InChI=1S/C25H27N7O3S/c1-15-9-28-29-16(2)22(15)17(3)35-19-4-5-21-20(8-19)23(31-30-21)18-10-26-24(27-11-18)32-12-25(13-32)6-7-36(33,34)14-25/h4-5,8-11,17H,6-7,12-14H2,1-3H3,(H,30,31)/t17-/m1/s1. The van der Waals surface area contributed by atoms with E-state index in [1.54, 1.807) is 18.6 Å². The highest BCUT2D eigenvalue weighted by Crippen LogP contribution is 2.42. The maximum Gasteiger partial charge on any atom is 0.225 e. The fourth-order valence-corrected chi connectivity index (χ4v) is 7.67. The number of benzene rings is 1. The Balaban J connectivity index is 1.21. The summed E-state index contributed by atoms with van der Waals surface area (Å²) in [6.07, 6.45) is 5.81. The van der Waals surface area contributed by atoms with Crippen LogP contribution in [0.3, 0.4) is 0 Å². The largest absolute Gasteiger partial charge is 0.486 e. The topological polar surface area (TPSA) is 127 Å². The van der Waals surface area contributed by atoms with Crippen LogP contribution in [0.25, 0.3) is 22.2 Å². The van der Waals surface area contributed by atoms with E-state index in [2.05, 4.69) is 30.4 Å². The summed E-state index contributed by atoms with van der Waals surface area (Å²) in [5.74, 6) is 1.90. The molecular weight excluding hydrogens is 478 g/mol. The number of H-pyrrole nitrogens is 1. The second-order valence-corrected chi connectivity index (χ2v) is 12.2. The van der Waals surface area contributed by atoms with Crippen molar-refractivity contribution >= 4 is 26.7 Å². The quantitative estimate of drug-likeness (QED) is 0.435. The lowest BCUT2D eigenvalue weighted by atomic mass is 9.80. The molecule has 2 fully saturated rings. The third-order valence-corrected chi connectivity index (χ3v) is 9.12. The summed E-state index contributed by atoms with van der Waals surface area (Å²) in [7, 11) is -2.90. The van der Waals surface area contributed by atoms with Crippen molar-refractivity contribution in [1.82, 2.24) is 30.4 Å². The van der Waals surface area contributed by atoms with Gasteiger partial charge in [0.05, 0.1) is 28.9 Å². The molecule has 1 spiro atoms. The Kier molecular flexibility index (Phi) is 5.22. The van der Waals surface area contributed by atoms with Gasteiger partial charge in [-0.25, -0.2) is 18.4 Å². The highest BCUT2D eigenvalue weighted by Gasteiger charge is 2.51. The number of nitrogens with one attached hydrogen (secondary N) is 1. The van der Waals surface area contributed by atoms with Crippen LogP contribution in [0.15, 0.2) is 36.8 Å². The number of fused-ring (bicyclic) bond motifs is 1. The number of sulfone groups is 1. The fourth-order valence-electron chi connectivity index (χ4n) is 5.52. The highest BCUT2D eigenvalue weighted by molar-refractivity contribution is 7.91. The minimum Gasteiger partial charge on any atom is -0.486 e. The van der Waals surface area contributed by atoms with Gasteiger partial charge in [-0.1, -0.05) is 0 Å². The van der Waals surface area contributed by atoms with E-state index >= 15 is 0 Å². The van der Waals surface area contributed by atoms with Crippen LogP contribution >= 0.6 is 0 Å². The number of aromatic nitrogens is 6. The predicted molar refractivity (Wildman–Crippen MR) is 136 cm³/mol. The van der Waals surface area contributed by atoms with Gasteiger partial charge < -0.3 is 9.64 Å². The molecular formula is C25H27N7O3S. The number of hydrogen-bond acceptors (Lipinski definition) is 9. The molecule has 0 aliphatic carbocycles. The summed E-state index contributed by atoms with van der Waals surface area (Å²) in [6.45, 7) is 7.31. The molecule has 0 amide bonds. The van der Waals surface area contributed by atoms with Crippen LogP contribution in [0, 0.1) is 19.3 Å². The molecule has 0 unspecified atom stereocenters. The van der Waals surface area contributed by atoms with E-state index in [9.17, 15) is 8.42 Å². The van der Waals surface area contributed by atoms with Gasteiger partial charge in [0.15, 0.2) is 9.84 Å². The zero-order valence-corrected chi connectivity index (χ0v) is 21.2. The molecule has 0 saturated carbocycles. The summed E-state index contributed by atoms with van der Waals surface area (Å²) in [6, 6.07) is 5.84. The summed E-state index contributed by atoms with van der Waals surface area (Å²) < 4.78 is 30.0. The van der Waals surface area contributed by atoms with Crippen molar-refractivity contribution in [1.29, 1.82) is 0 Å². The second kappa shape index (κ2) is 8.22. The van der Waals surface area contributed by atoms with Gasteiger partial charge in [-0.05, 0) is 51.0 Å². The Labute approximate surface area is 209 Å². The predicted octanol–water partition coefficient (Wildman–Crippen LogP) is 3.19. The smallest absolute Gasteiger partial charge is 0.225 e.